The Morgan fingerprint density at radius 2 is 2.38 bits per heavy atom. The largest absolute Gasteiger partial charge is 0.481 e. The molecule has 0 amide bonds. The molecule has 4 N–H and O–H groups in total. The summed E-state index contributed by atoms with van der Waals surface area (Å²) in [5.74, 6) is 0.335. The minimum atomic E-state index is -0.858. The Morgan fingerprint density at radius 3 is 2.92 bits per heavy atom. The molecule has 5 nitrogen and oxygen atoms in total. The molecular weight excluding hydrogens is 170 g/mol. The van der Waals surface area contributed by atoms with Crippen molar-refractivity contribution < 1.29 is 9.84 Å². The molecule has 0 aliphatic rings. The molecule has 0 aliphatic heterocycles. The third-order valence-corrected chi connectivity index (χ3v) is 1.73. The molecule has 1 atom stereocenters. The third-order valence-electron chi connectivity index (χ3n) is 1.73. The van der Waals surface area contributed by atoms with Crippen molar-refractivity contribution in [2.24, 2.45) is 0 Å². The van der Waals surface area contributed by atoms with E-state index in [9.17, 15) is 5.11 Å². The first-order valence-electron chi connectivity index (χ1n) is 3.84. The molecule has 1 aromatic rings. The van der Waals surface area contributed by atoms with Gasteiger partial charge in [-0.25, -0.2) is 4.98 Å². The lowest BCUT2D eigenvalue weighted by molar-refractivity contribution is 0.145. The van der Waals surface area contributed by atoms with Gasteiger partial charge in [-0.15, -0.1) is 0 Å². The Morgan fingerprint density at radius 1 is 1.69 bits per heavy atom. The van der Waals surface area contributed by atoms with E-state index in [1.807, 2.05) is 0 Å². The number of nitrogen functional groups attached to an aromatic ring is 1. The number of ether oxygens (including phenoxy) is 1. The highest BCUT2D eigenvalue weighted by atomic mass is 16.5. The van der Waals surface area contributed by atoms with Crippen molar-refractivity contribution in [1.29, 1.82) is 0 Å². The zero-order valence-corrected chi connectivity index (χ0v) is 7.61. The quantitative estimate of drug-likeness (QED) is 0.569. The predicted octanol–water partition coefficient (Wildman–Crippen LogP) is -0.117. The molecule has 1 unspecified atom stereocenters. The maximum atomic E-state index is 9.51. The van der Waals surface area contributed by atoms with Gasteiger partial charge in [0.25, 0.3) is 0 Å². The molecule has 0 aromatic carbocycles. The molecule has 0 fully saturated rings. The lowest BCUT2D eigenvalue weighted by Gasteiger charge is -2.14. The number of nitrogens with zero attached hydrogens (tertiary/aromatic N) is 1. The van der Waals surface area contributed by atoms with E-state index in [0.29, 0.717) is 17.1 Å². The fourth-order valence-electron chi connectivity index (χ4n) is 1.05. The van der Waals surface area contributed by atoms with Crippen LogP contribution in [0.1, 0.15) is 11.8 Å². The highest BCUT2D eigenvalue weighted by Gasteiger charge is 2.15. The minimum absolute atomic E-state index is 0.335. The molecular formula is C8H13N3O2. The van der Waals surface area contributed by atoms with Crippen molar-refractivity contribution in [3.05, 3.63) is 17.8 Å². The second kappa shape index (κ2) is 4.06. The van der Waals surface area contributed by atoms with Crippen LogP contribution in [0.25, 0.3) is 0 Å². The van der Waals surface area contributed by atoms with Crippen molar-refractivity contribution in [1.82, 2.24) is 10.3 Å². The molecule has 0 bridgehead atoms. The number of anilines is 1. The molecule has 0 spiro atoms. The smallest absolute Gasteiger partial charge is 0.222 e. The second-order valence-electron chi connectivity index (χ2n) is 2.51. The highest BCUT2D eigenvalue weighted by molar-refractivity contribution is 5.51. The summed E-state index contributed by atoms with van der Waals surface area (Å²) in [6.07, 6.45) is 0.670. The van der Waals surface area contributed by atoms with Crippen molar-refractivity contribution in [2.45, 2.75) is 6.23 Å². The van der Waals surface area contributed by atoms with Crippen LogP contribution >= 0.6 is 0 Å². The van der Waals surface area contributed by atoms with Gasteiger partial charge >= 0.3 is 0 Å². The molecule has 1 rings (SSSR count). The van der Waals surface area contributed by atoms with Gasteiger partial charge in [-0.3, -0.25) is 5.32 Å². The molecule has 1 heterocycles. The van der Waals surface area contributed by atoms with Crippen LogP contribution in [0, 0.1) is 0 Å². The van der Waals surface area contributed by atoms with Crippen molar-refractivity contribution in [3.8, 4) is 5.88 Å². The van der Waals surface area contributed by atoms with Crippen LogP contribution in [0.3, 0.4) is 0 Å². The number of aliphatic hydroxyl groups excluding tert-OH is 1. The van der Waals surface area contributed by atoms with Gasteiger partial charge < -0.3 is 15.6 Å². The van der Waals surface area contributed by atoms with Crippen LogP contribution in [0.5, 0.6) is 5.88 Å². The van der Waals surface area contributed by atoms with E-state index < -0.39 is 6.23 Å². The number of aromatic nitrogens is 1. The number of methoxy groups -OCH3 is 1. The Kier molecular flexibility index (Phi) is 3.05. The third kappa shape index (κ3) is 1.88. The average Bonchev–Trinajstić information content (AvgIpc) is 2.16. The average molecular weight is 183 g/mol. The number of hydrogen-bond donors (Lipinski definition) is 3. The predicted molar refractivity (Wildman–Crippen MR) is 49.2 cm³/mol. The standard InChI is InChI=1S/C8H13N3O2/c1-10-7(12)6-5(9)3-4-11-8(6)13-2/h3-4,7,10,12H,1-2H3,(H2,9,11). The van der Waals surface area contributed by atoms with Crippen LogP contribution in [-0.4, -0.2) is 24.2 Å². The van der Waals surface area contributed by atoms with E-state index in [4.69, 9.17) is 10.5 Å². The summed E-state index contributed by atoms with van der Waals surface area (Å²) in [5.41, 5.74) is 6.57. The van der Waals surface area contributed by atoms with Gasteiger partial charge in [0.15, 0.2) is 0 Å². The molecule has 13 heavy (non-hydrogen) atoms. The van der Waals surface area contributed by atoms with Gasteiger partial charge in [0.1, 0.15) is 6.23 Å². The van der Waals surface area contributed by atoms with Crippen molar-refractivity contribution >= 4 is 5.69 Å². The summed E-state index contributed by atoms with van der Waals surface area (Å²) in [6.45, 7) is 0. The second-order valence-corrected chi connectivity index (χ2v) is 2.51. The van der Waals surface area contributed by atoms with Gasteiger partial charge in [-0.05, 0) is 13.1 Å². The molecule has 5 heteroatoms. The van der Waals surface area contributed by atoms with Gasteiger partial charge in [-0.1, -0.05) is 0 Å². The maximum absolute atomic E-state index is 9.51. The number of nitrogens with one attached hydrogen (secondary N) is 1. The van der Waals surface area contributed by atoms with Crippen molar-refractivity contribution in [2.75, 3.05) is 19.9 Å². The van der Waals surface area contributed by atoms with Crippen LogP contribution in [0.2, 0.25) is 0 Å². The van der Waals surface area contributed by atoms with Gasteiger partial charge in [-0.2, -0.15) is 0 Å². The van der Waals surface area contributed by atoms with Gasteiger partial charge in [0, 0.05) is 11.9 Å². The summed E-state index contributed by atoms with van der Waals surface area (Å²) in [7, 11) is 3.10. The van der Waals surface area contributed by atoms with Gasteiger partial charge in [0.2, 0.25) is 5.88 Å². The van der Waals surface area contributed by atoms with E-state index in [1.54, 1.807) is 13.1 Å². The normalized spacial score (nSPS) is 12.5. The summed E-state index contributed by atoms with van der Waals surface area (Å²) >= 11 is 0. The minimum Gasteiger partial charge on any atom is -0.481 e. The maximum Gasteiger partial charge on any atom is 0.222 e. The fraction of sp³-hybridized carbons (Fsp3) is 0.375. The first kappa shape index (κ1) is 9.76. The van der Waals surface area contributed by atoms with E-state index in [1.165, 1.54) is 13.3 Å². The number of pyridine rings is 1. The highest BCUT2D eigenvalue weighted by Crippen LogP contribution is 2.26. The van der Waals surface area contributed by atoms with E-state index in [0.717, 1.165) is 0 Å². The van der Waals surface area contributed by atoms with Crippen LogP contribution in [0.15, 0.2) is 12.3 Å². The molecule has 0 saturated heterocycles. The number of hydrogen-bond acceptors (Lipinski definition) is 5. The number of nitrogens with two attached hydrogens (primary N) is 1. The fourth-order valence-corrected chi connectivity index (χ4v) is 1.05. The Hall–Kier alpha value is -1.33. The molecule has 1 aromatic heterocycles. The Bertz CT molecular complexity index is 291. The van der Waals surface area contributed by atoms with Crippen LogP contribution in [-0.2, 0) is 0 Å². The Balaban J connectivity index is 3.14. The van der Waals surface area contributed by atoms with Crippen molar-refractivity contribution in [3.63, 3.8) is 0 Å². The van der Waals surface area contributed by atoms with E-state index >= 15 is 0 Å². The number of aliphatic hydroxyl groups is 1. The van der Waals surface area contributed by atoms with Gasteiger partial charge in [0.05, 0.1) is 12.7 Å². The topological polar surface area (TPSA) is 80.4 Å². The van der Waals surface area contributed by atoms with E-state index in [2.05, 4.69) is 10.3 Å². The molecule has 0 saturated carbocycles. The first-order chi connectivity index (χ1) is 6.20. The Labute approximate surface area is 76.5 Å². The lowest BCUT2D eigenvalue weighted by Crippen LogP contribution is -2.18. The molecule has 0 aliphatic carbocycles. The SMILES string of the molecule is CNC(O)c1c(N)ccnc1OC. The first-order valence-corrected chi connectivity index (χ1v) is 3.84. The lowest BCUT2D eigenvalue weighted by atomic mass is 10.2. The number of rotatable bonds is 3. The summed E-state index contributed by atoms with van der Waals surface area (Å²) in [4.78, 5) is 3.92. The molecule has 72 valence electrons. The summed E-state index contributed by atoms with van der Waals surface area (Å²) < 4.78 is 4.96. The summed E-state index contributed by atoms with van der Waals surface area (Å²) in [5, 5.41) is 12.2. The van der Waals surface area contributed by atoms with Crippen LogP contribution < -0.4 is 15.8 Å². The summed E-state index contributed by atoms with van der Waals surface area (Å²) in [6, 6.07) is 1.61. The monoisotopic (exact) mass is 183 g/mol. The zero-order chi connectivity index (χ0) is 9.84. The zero-order valence-electron chi connectivity index (χ0n) is 7.61. The molecule has 0 radical (unpaired) electrons. The van der Waals surface area contributed by atoms with E-state index in [-0.39, 0.29) is 0 Å². The van der Waals surface area contributed by atoms with Crippen LogP contribution in [0.4, 0.5) is 5.69 Å².